The molecule has 0 spiro atoms. The van der Waals surface area contributed by atoms with Crippen LogP contribution in [0.3, 0.4) is 0 Å². The number of carbonyl (C=O) groups excluding carboxylic acids is 1. The summed E-state index contributed by atoms with van der Waals surface area (Å²) in [7, 11) is 0. The second kappa shape index (κ2) is 5.26. The third-order valence-corrected chi connectivity index (χ3v) is 3.86. The number of aliphatic hydroxyl groups is 1. The minimum absolute atomic E-state index is 0.0483. The maximum absolute atomic E-state index is 12.3. The van der Waals surface area contributed by atoms with E-state index in [9.17, 15) is 9.90 Å². The third-order valence-electron chi connectivity index (χ3n) is 3.86. The summed E-state index contributed by atoms with van der Waals surface area (Å²) < 4.78 is 0. The van der Waals surface area contributed by atoms with Gasteiger partial charge in [-0.1, -0.05) is 42.0 Å². The van der Waals surface area contributed by atoms with Gasteiger partial charge in [0, 0.05) is 6.54 Å². The molecule has 1 N–H and O–H groups in total. The zero-order chi connectivity index (χ0) is 14.1. The first-order valence-corrected chi connectivity index (χ1v) is 6.76. The molecule has 2 amide bonds. The fraction of sp³-hybridized carbons (Fsp3) is 0.400. The summed E-state index contributed by atoms with van der Waals surface area (Å²) in [4.78, 5) is 19.6. The predicted octanol–water partition coefficient (Wildman–Crippen LogP) is 1.55. The van der Waals surface area contributed by atoms with Crippen molar-refractivity contribution in [3.05, 3.63) is 47.5 Å². The zero-order valence-electron chi connectivity index (χ0n) is 11.4. The van der Waals surface area contributed by atoms with Crippen LogP contribution in [0.2, 0.25) is 0 Å². The van der Waals surface area contributed by atoms with Crippen LogP contribution in [0.4, 0.5) is 4.79 Å². The van der Waals surface area contributed by atoms with E-state index in [1.54, 1.807) is 4.90 Å². The maximum atomic E-state index is 12.3. The van der Waals surface area contributed by atoms with Gasteiger partial charge in [-0.3, -0.25) is 4.84 Å². The molecule has 2 bridgehead atoms. The molecule has 1 saturated heterocycles. The number of hydrogen-bond acceptors (Lipinski definition) is 3. The van der Waals surface area contributed by atoms with Crippen molar-refractivity contribution < 1.29 is 14.7 Å². The van der Waals surface area contributed by atoms with Crippen LogP contribution < -0.4 is 0 Å². The van der Waals surface area contributed by atoms with E-state index in [1.807, 2.05) is 43.3 Å². The van der Waals surface area contributed by atoms with E-state index >= 15 is 0 Å². The number of carbonyl (C=O) groups is 1. The lowest BCUT2D eigenvalue weighted by atomic mass is 10.0. The highest BCUT2D eigenvalue weighted by molar-refractivity contribution is 5.78. The van der Waals surface area contributed by atoms with Crippen LogP contribution in [0.1, 0.15) is 12.5 Å². The molecule has 20 heavy (non-hydrogen) atoms. The molecule has 2 aliphatic rings. The maximum Gasteiger partial charge on any atom is 0.345 e. The Bertz CT molecular complexity index is 529. The molecular formula is C15H18N2O3. The average Bonchev–Trinajstić information content (AvgIpc) is 2.71. The normalized spacial score (nSPS) is 25.1. The number of amides is 2. The smallest absolute Gasteiger partial charge is 0.345 e. The van der Waals surface area contributed by atoms with Crippen molar-refractivity contribution in [2.75, 3.05) is 13.2 Å². The van der Waals surface area contributed by atoms with Gasteiger partial charge in [-0.25, -0.2) is 4.79 Å². The number of hydroxylamine groups is 2. The predicted molar refractivity (Wildman–Crippen MR) is 73.6 cm³/mol. The molecule has 106 valence electrons. The second-order valence-corrected chi connectivity index (χ2v) is 5.20. The monoisotopic (exact) mass is 274 g/mol. The number of nitrogens with zero attached hydrogens (tertiary/aromatic N) is 2. The van der Waals surface area contributed by atoms with Gasteiger partial charge in [-0.15, -0.1) is 0 Å². The Kier molecular flexibility index (Phi) is 3.46. The summed E-state index contributed by atoms with van der Waals surface area (Å²) in [5.41, 5.74) is 2.04. The molecule has 1 fully saturated rings. The van der Waals surface area contributed by atoms with Gasteiger partial charge in [0.2, 0.25) is 0 Å². The van der Waals surface area contributed by atoms with E-state index in [2.05, 4.69) is 0 Å². The van der Waals surface area contributed by atoms with Crippen molar-refractivity contribution in [1.82, 2.24) is 9.96 Å². The molecule has 3 rings (SSSR count). The lowest BCUT2D eigenvalue weighted by Gasteiger charge is -2.28. The van der Waals surface area contributed by atoms with Gasteiger partial charge in [0.05, 0.1) is 18.7 Å². The van der Waals surface area contributed by atoms with Crippen LogP contribution in [0.15, 0.2) is 42.0 Å². The first-order chi connectivity index (χ1) is 9.70. The Balaban J connectivity index is 1.71. The highest BCUT2D eigenvalue weighted by Crippen LogP contribution is 2.29. The van der Waals surface area contributed by atoms with E-state index in [4.69, 9.17) is 4.84 Å². The molecule has 2 atom stereocenters. The summed E-state index contributed by atoms with van der Waals surface area (Å²) >= 11 is 0. The number of urea groups is 1. The lowest BCUT2D eigenvalue weighted by Crippen LogP contribution is -2.42. The van der Waals surface area contributed by atoms with Crippen LogP contribution in [-0.2, 0) is 11.4 Å². The summed E-state index contributed by atoms with van der Waals surface area (Å²) in [5, 5.41) is 10.8. The number of aliphatic hydroxyl groups excluding tert-OH is 1. The van der Waals surface area contributed by atoms with Crippen LogP contribution in [0, 0.1) is 0 Å². The Morgan fingerprint density at radius 1 is 1.35 bits per heavy atom. The SMILES string of the molecule is CC1=C[C@@H]2CN(C(=O)N2OCc2ccccc2)[C@@H]1CO. The Morgan fingerprint density at radius 3 is 2.80 bits per heavy atom. The second-order valence-electron chi connectivity index (χ2n) is 5.20. The van der Waals surface area contributed by atoms with Crippen molar-refractivity contribution in [3.63, 3.8) is 0 Å². The van der Waals surface area contributed by atoms with Crippen LogP contribution in [0.25, 0.3) is 0 Å². The fourth-order valence-corrected chi connectivity index (χ4v) is 2.78. The van der Waals surface area contributed by atoms with Gasteiger partial charge >= 0.3 is 6.03 Å². The topological polar surface area (TPSA) is 53.0 Å². The summed E-state index contributed by atoms with van der Waals surface area (Å²) in [6.45, 7) is 2.84. The molecule has 5 nitrogen and oxygen atoms in total. The third kappa shape index (κ3) is 2.19. The van der Waals surface area contributed by atoms with Crippen molar-refractivity contribution in [2.45, 2.75) is 25.6 Å². The van der Waals surface area contributed by atoms with E-state index in [1.165, 1.54) is 5.06 Å². The van der Waals surface area contributed by atoms with Gasteiger partial charge in [-0.05, 0) is 12.5 Å². The molecule has 0 saturated carbocycles. The Hall–Kier alpha value is -1.85. The number of hydrogen-bond donors (Lipinski definition) is 1. The van der Waals surface area contributed by atoms with E-state index in [0.29, 0.717) is 13.2 Å². The van der Waals surface area contributed by atoms with E-state index in [0.717, 1.165) is 11.1 Å². The molecule has 0 aromatic heterocycles. The fourth-order valence-electron chi connectivity index (χ4n) is 2.78. The van der Waals surface area contributed by atoms with E-state index < -0.39 is 0 Å². The summed E-state index contributed by atoms with van der Waals surface area (Å²) in [5.74, 6) is 0. The minimum atomic E-state index is -0.218. The van der Waals surface area contributed by atoms with Gasteiger partial charge in [-0.2, -0.15) is 5.06 Å². The zero-order valence-corrected chi connectivity index (χ0v) is 11.4. The molecule has 2 aliphatic heterocycles. The molecule has 2 heterocycles. The number of benzene rings is 1. The molecule has 1 aromatic rings. The first-order valence-electron chi connectivity index (χ1n) is 6.76. The molecule has 5 heteroatoms. The minimum Gasteiger partial charge on any atom is -0.394 e. The first kappa shape index (κ1) is 13.1. The average molecular weight is 274 g/mol. The van der Waals surface area contributed by atoms with Crippen LogP contribution in [0.5, 0.6) is 0 Å². The Morgan fingerprint density at radius 2 is 2.10 bits per heavy atom. The number of fused-ring (bicyclic) bond motifs is 2. The van der Waals surface area contributed by atoms with Crippen molar-refractivity contribution in [2.24, 2.45) is 0 Å². The van der Waals surface area contributed by atoms with Gasteiger partial charge in [0.25, 0.3) is 0 Å². The Labute approximate surface area is 118 Å². The van der Waals surface area contributed by atoms with Crippen molar-refractivity contribution in [3.8, 4) is 0 Å². The number of rotatable bonds is 4. The van der Waals surface area contributed by atoms with Crippen molar-refractivity contribution in [1.29, 1.82) is 0 Å². The lowest BCUT2D eigenvalue weighted by molar-refractivity contribution is -0.131. The highest BCUT2D eigenvalue weighted by atomic mass is 16.7. The molecule has 0 aliphatic carbocycles. The van der Waals surface area contributed by atoms with Gasteiger partial charge in [0.15, 0.2) is 0 Å². The van der Waals surface area contributed by atoms with Gasteiger partial charge in [0.1, 0.15) is 6.61 Å². The molecule has 0 unspecified atom stereocenters. The van der Waals surface area contributed by atoms with Crippen molar-refractivity contribution >= 4 is 6.03 Å². The quantitative estimate of drug-likeness (QED) is 0.847. The van der Waals surface area contributed by atoms with Gasteiger partial charge < -0.3 is 10.0 Å². The van der Waals surface area contributed by atoms with Crippen LogP contribution >= 0.6 is 0 Å². The molecular weight excluding hydrogens is 256 g/mol. The largest absolute Gasteiger partial charge is 0.394 e. The van der Waals surface area contributed by atoms with E-state index in [-0.39, 0.29) is 24.7 Å². The molecule has 1 aromatic carbocycles. The summed E-state index contributed by atoms with van der Waals surface area (Å²) in [6.07, 6.45) is 2.01. The summed E-state index contributed by atoms with van der Waals surface area (Å²) in [6, 6.07) is 9.31. The highest BCUT2D eigenvalue weighted by Gasteiger charge is 2.44. The standard InChI is InChI=1S/C15H18N2O3/c1-11-7-13-8-16(14(11)9-18)15(19)17(13)20-10-12-5-3-2-4-6-12/h2-7,13-14,18H,8-10H2,1H3/t13-,14-/m1/s1. The van der Waals surface area contributed by atoms with Crippen LogP contribution in [-0.4, -0.2) is 46.3 Å². The molecule has 0 radical (unpaired) electrons.